The van der Waals surface area contributed by atoms with Crippen molar-refractivity contribution in [2.45, 2.75) is 0 Å². The van der Waals surface area contributed by atoms with Crippen molar-refractivity contribution in [1.82, 2.24) is 4.98 Å². The molecule has 25 heavy (non-hydrogen) atoms. The predicted octanol–water partition coefficient (Wildman–Crippen LogP) is 3.40. The summed E-state index contributed by atoms with van der Waals surface area (Å²) in [5.41, 5.74) is 6.65. The second-order valence-electron chi connectivity index (χ2n) is 5.06. The van der Waals surface area contributed by atoms with Crippen molar-refractivity contribution in [3.63, 3.8) is 0 Å². The van der Waals surface area contributed by atoms with Crippen molar-refractivity contribution in [3.05, 3.63) is 71.4 Å². The molecule has 2 N–H and O–H groups in total. The van der Waals surface area contributed by atoms with Gasteiger partial charge in [0.2, 0.25) is 0 Å². The molecule has 1 aromatic heterocycles. The number of amidine groups is 1. The first-order valence-electron chi connectivity index (χ1n) is 7.40. The maximum absolute atomic E-state index is 11.9. The number of oxime groups is 1. The smallest absolute Gasteiger partial charge is 0.367 e. The van der Waals surface area contributed by atoms with Crippen LogP contribution in [0.25, 0.3) is 10.9 Å². The van der Waals surface area contributed by atoms with Gasteiger partial charge in [-0.25, -0.2) is 4.79 Å². The summed E-state index contributed by atoms with van der Waals surface area (Å²) in [6, 6.07) is 15.8. The van der Waals surface area contributed by atoms with E-state index < -0.39 is 5.97 Å². The number of pyridine rings is 1. The van der Waals surface area contributed by atoms with Crippen LogP contribution in [0.5, 0.6) is 5.75 Å². The van der Waals surface area contributed by atoms with Gasteiger partial charge >= 0.3 is 5.97 Å². The zero-order valence-corrected chi connectivity index (χ0v) is 13.8. The third-order valence-corrected chi connectivity index (χ3v) is 3.64. The highest BCUT2D eigenvalue weighted by Crippen LogP contribution is 2.22. The highest BCUT2D eigenvalue weighted by Gasteiger charge is 2.11. The summed E-state index contributed by atoms with van der Waals surface area (Å²) in [6.45, 7) is -0.0501. The SMILES string of the molecule is N/C(COc1cccc2cccnc12)=N\OC(=O)c1ccccc1Cl. The monoisotopic (exact) mass is 355 g/mol. The Bertz CT molecular complexity index is 938. The van der Waals surface area contributed by atoms with Crippen molar-refractivity contribution in [2.24, 2.45) is 10.9 Å². The largest absolute Gasteiger partial charge is 0.483 e. The van der Waals surface area contributed by atoms with Gasteiger partial charge in [-0.3, -0.25) is 4.98 Å². The summed E-state index contributed by atoms with van der Waals surface area (Å²) in [4.78, 5) is 21.0. The molecule has 0 radical (unpaired) electrons. The van der Waals surface area contributed by atoms with E-state index in [2.05, 4.69) is 10.1 Å². The van der Waals surface area contributed by atoms with Crippen LogP contribution in [-0.4, -0.2) is 23.4 Å². The Morgan fingerprint density at radius 3 is 2.76 bits per heavy atom. The van der Waals surface area contributed by atoms with Crippen molar-refractivity contribution >= 4 is 34.3 Å². The van der Waals surface area contributed by atoms with Gasteiger partial charge in [-0.05, 0) is 24.3 Å². The molecule has 0 fully saturated rings. The van der Waals surface area contributed by atoms with Gasteiger partial charge in [-0.15, -0.1) is 0 Å². The predicted molar refractivity (Wildman–Crippen MR) is 95.7 cm³/mol. The first-order chi connectivity index (χ1) is 12.1. The van der Waals surface area contributed by atoms with Crippen LogP contribution < -0.4 is 10.5 Å². The Balaban J connectivity index is 1.64. The molecule has 0 aliphatic heterocycles. The number of carbonyl (C=O) groups is 1. The van der Waals surface area contributed by atoms with E-state index >= 15 is 0 Å². The number of hydrogen-bond acceptors (Lipinski definition) is 5. The Hall–Kier alpha value is -3.12. The Labute approximate surface area is 148 Å². The lowest BCUT2D eigenvalue weighted by Gasteiger charge is -2.08. The summed E-state index contributed by atoms with van der Waals surface area (Å²) < 4.78 is 5.61. The Kier molecular flexibility index (Phi) is 5.11. The summed E-state index contributed by atoms with van der Waals surface area (Å²) in [5.74, 6) is -0.123. The van der Waals surface area contributed by atoms with Crippen molar-refractivity contribution in [2.75, 3.05) is 6.61 Å². The zero-order valence-electron chi connectivity index (χ0n) is 13.1. The standard InChI is InChI=1S/C18H14ClN3O3/c19-14-8-2-1-7-13(14)18(23)25-22-16(20)11-24-15-9-3-5-12-6-4-10-21-17(12)15/h1-10H,11H2,(H2,20,22). The van der Waals surface area contributed by atoms with Gasteiger partial charge < -0.3 is 15.3 Å². The lowest BCUT2D eigenvalue weighted by atomic mass is 10.2. The molecule has 0 bridgehead atoms. The van der Waals surface area contributed by atoms with E-state index in [0.29, 0.717) is 11.3 Å². The average Bonchev–Trinajstić information content (AvgIpc) is 2.64. The van der Waals surface area contributed by atoms with Gasteiger partial charge in [-0.1, -0.05) is 47.1 Å². The third kappa shape index (κ3) is 4.05. The minimum absolute atomic E-state index is 0.00772. The van der Waals surface area contributed by atoms with E-state index in [-0.39, 0.29) is 23.0 Å². The fourth-order valence-corrected chi connectivity index (χ4v) is 2.36. The molecular formula is C18H14ClN3O3. The summed E-state index contributed by atoms with van der Waals surface area (Å²) in [5, 5.41) is 4.80. The van der Waals surface area contributed by atoms with E-state index in [1.807, 2.05) is 24.3 Å². The quantitative estimate of drug-likeness (QED) is 0.328. The summed E-state index contributed by atoms with van der Waals surface area (Å²) in [7, 11) is 0. The minimum Gasteiger partial charge on any atom is -0.483 e. The molecule has 1 heterocycles. The summed E-state index contributed by atoms with van der Waals surface area (Å²) >= 11 is 5.92. The number of rotatable bonds is 5. The summed E-state index contributed by atoms with van der Waals surface area (Å²) in [6.07, 6.45) is 1.68. The number of ether oxygens (including phenoxy) is 1. The van der Waals surface area contributed by atoms with Crippen LogP contribution in [-0.2, 0) is 4.84 Å². The molecule has 6 nitrogen and oxygen atoms in total. The molecule has 0 unspecified atom stereocenters. The number of nitrogens with two attached hydrogens (primary N) is 1. The van der Waals surface area contributed by atoms with Crippen LogP contribution in [0, 0.1) is 0 Å². The van der Waals surface area contributed by atoms with Gasteiger partial charge in [0.15, 0.2) is 5.84 Å². The molecule has 126 valence electrons. The highest BCUT2D eigenvalue weighted by molar-refractivity contribution is 6.33. The van der Waals surface area contributed by atoms with E-state index in [0.717, 1.165) is 5.39 Å². The van der Waals surface area contributed by atoms with Crippen molar-refractivity contribution in [3.8, 4) is 5.75 Å². The lowest BCUT2D eigenvalue weighted by Crippen LogP contribution is -2.22. The first kappa shape index (κ1) is 16.7. The number of hydrogen-bond donors (Lipinski definition) is 1. The molecular weight excluding hydrogens is 342 g/mol. The second-order valence-corrected chi connectivity index (χ2v) is 5.47. The zero-order chi connectivity index (χ0) is 17.6. The molecule has 0 spiro atoms. The van der Waals surface area contributed by atoms with Gasteiger partial charge in [0.05, 0.1) is 10.6 Å². The maximum Gasteiger partial charge on any atom is 0.367 e. The third-order valence-electron chi connectivity index (χ3n) is 3.31. The number of carbonyl (C=O) groups excluding carboxylic acids is 1. The van der Waals surface area contributed by atoms with E-state index in [1.54, 1.807) is 30.5 Å². The van der Waals surface area contributed by atoms with E-state index in [4.69, 9.17) is 26.9 Å². The lowest BCUT2D eigenvalue weighted by molar-refractivity contribution is 0.0513. The fourth-order valence-electron chi connectivity index (χ4n) is 2.15. The number of halogens is 1. The average molecular weight is 356 g/mol. The number of para-hydroxylation sites is 1. The number of aromatic nitrogens is 1. The molecule has 0 saturated carbocycles. The van der Waals surface area contributed by atoms with Crippen LogP contribution in [0.3, 0.4) is 0 Å². The number of benzene rings is 2. The van der Waals surface area contributed by atoms with E-state index in [9.17, 15) is 4.79 Å². The van der Waals surface area contributed by atoms with Crippen molar-refractivity contribution in [1.29, 1.82) is 0 Å². The molecule has 0 amide bonds. The molecule has 3 aromatic rings. The Morgan fingerprint density at radius 1 is 1.12 bits per heavy atom. The van der Waals surface area contributed by atoms with Crippen LogP contribution in [0.2, 0.25) is 5.02 Å². The molecule has 0 aliphatic rings. The van der Waals surface area contributed by atoms with Crippen LogP contribution in [0.15, 0.2) is 65.9 Å². The molecule has 0 aliphatic carbocycles. The molecule has 7 heteroatoms. The maximum atomic E-state index is 11.9. The van der Waals surface area contributed by atoms with E-state index in [1.165, 1.54) is 6.07 Å². The normalized spacial score (nSPS) is 11.3. The Morgan fingerprint density at radius 2 is 1.92 bits per heavy atom. The van der Waals surface area contributed by atoms with Gasteiger partial charge in [0, 0.05) is 11.6 Å². The first-order valence-corrected chi connectivity index (χ1v) is 7.77. The number of fused-ring (bicyclic) bond motifs is 1. The molecule has 0 atom stereocenters. The van der Waals surface area contributed by atoms with Crippen LogP contribution >= 0.6 is 11.6 Å². The molecule has 0 saturated heterocycles. The molecule has 2 aromatic carbocycles. The van der Waals surface area contributed by atoms with Crippen LogP contribution in [0.4, 0.5) is 0 Å². The van der Waals surface area contributed by atoms with Gasteiger partial charge in [0.1, 0.15) is 17.9 Å². The fraction of sp³-hybridized carbons (Fsp3) is 0.0556. The second kappa shape index (κ2) is 7.63. The topological polar surface area (TPSA) is 86.8 Å². The van der Waals surface area contributed by atoms with Gasteiger partial charge in [-0.2, -0.15) is 0 Å². The number of nitrogens with zero attached hydrogens (tertiary/aromatic N) is 2. The van der Waals surface area contributed by atoms with Crippen LogP contribution in [0.1, 0.15) is 10.4 Å². The molecule has 3 rings (SSSR count). The van der Waals surface area contributed by atoms with Gasteiger partial charge in [0.25, 0.3) is 0 Å². The van der Waals surface area contributed by atoms with Crippen molar-refractivity contribution < 1.29 is 14.4 Å². The minimum atomic E-state index is -0.694. The highest BCUT2D eigenvalue weighted by atomic mass is 35.5.